The van der Waals surface area contributed by atoms with Crippen molar-refractivity contribution in [2.75, 3.05) is 13.1 Å². The van der Waals surface area contributed by atoms with Gasteiger partial charge in [0.25, 0.3) is 0 Å². The Morgan fingerprint density at radius 2 is 2.07 bits per heavy atom. The molecule has 90 valence electrons. The number of likely N-dealkylation sites (tertiary alicyclic amines) is 1. The first-order valence-electron chi connectivity index (χ1n) is 6.64. The molecule has 1 saturated heterocycles. The highest BCUT2D eigenvalue weighted by atomic mass is 15.2. The van der Waals surface area contributed by atoms with Gasteiger partial charge in [-0.05, 0) is 45.7 Å². The standard InChI is InChI=1S/C13H28N2/c1-5-13-7-6-10-15(13)12(4)8-9-14-11(2)3/h11-14H,5-10H2,1-4H3. The van der Waals surface area contributed by atoms with Crippen molar-refractivity contribution in [2.45, 2.75) is 71.5 Å². The van der Waals surface area contributed by atoms with Gasteiger partial charge < -0.3 is 5.32 Å². The van der Waals surface area contributed by atoms with E-state index in [9.17, 15) is 0 Å². The van der Waals surface area contributed by atoms with Crippen LogP contribution in [0.2, 0.25) is 0 Å². The van der Waals surface area contributed by atoms with Gasteiger partial charge in [-0.1, -0.05) is 20.8 Å². The lowest BCUT2D eigenvalue weighted by molar-refractivity contribution is 0.178. The fourth-order valence-corrected chi connectivity index (χ4v) is 2.62. The molecule has 2 unspecified atom stereocenters. The van der Waals surface area contributed by atoms with Crippen LogP contribution in [0.25, 0.3) is 0 Å². The molecular weight excluding hydrogens is 184 g/mol. The topological polar surface area (TPSA) is 15.3 Å². The Kier molecular flexibility index (Phi) is 5.62. The van der Waals surface area contributed by atoms with Gasteiger partial charge in [0.15, 0.2) is 0 Å². The summed E-state index contributed by atoms with van der Waals surface area (Å²) >= 11 is 0. The second-order valence-electron chi connectivity index (χ2n) is 5.19. The molecule has 1 rings (SSSR count). The van der Waals surface area contributed by atoms with Crippen LogP contribution >= 0.6 is 0 Å². The maximum Gasteiger partial charge on any atom is 0.00959 e. The zero-order valence-corrected chi connectivity index (χ0v) is 10.9. The lowest BCUT2D eigenvalue weighted by Gasteiger charge is -2.30. The summed E-state index contributed by atoms with van der Waals surface area (Å²) in [5, 5.41) is 3.51. The number of hydrogen-bond donors (Lipinski definition) is 1. The van der Waals surface area contributed by atoms with Gasteiger partial charge in [-0.3, -0.25) is 4.90 Å². The first-order chi connectivity index (χ1) is 7.15. The van der Waals surface area contributed by atoms with Gasteiger partial charge in [0.1, 0.15) is 0 Å². The van der Waals surface area contributed by atoms with E-state index in [2.05, 4.69) is 37.9 Å². The summed E-state index contributed by atoms with van der Waals surface area (Å²) in [5.41, 5.74) is 0. The first-order valence-corrected chi connectivity index (χ1v) is 6.64. The van der Waals surface area contributed by atoms with Gasteiger partial charge in [0.05, 0.1) is 0 Å². The Balaban J connectivity index is 2.23. The van der Waals surface area contributed by atoms with Crippen molar-refractivity contribution in [3.63, 3.8) is 0 Å². The highest BCUT2D eigenvalue weighted by molar-refractivity contribution is 4.82. The van der Waals surface area contributed by atoms with Crippen LogP contribution in [0.4, 0.5) is 0 Å². The molecule has 0 aliphatic carbocycles. The minimum Gasteiger partial charge on any atom is -0.314 e. The van der Waals surface area contributed by atoms with Crippen molar-refractivity contribution in [3.05, 3.63) is 0 Å². The van der Waals surface area contributed by atoms with Crippen LogP contribution in [0, 0.1) is 0 Å². The Hall–Kier alpha value is -0.0800. The van der Waals surface area contributed by atoms with Crippen LogP contribution in [0.3, 0.4) is 0 Å². The Bertz CT molecular complexity index is 168. The van der Waals surface area contributed by atoms with E-state index in [1.807, 2.05) is 0 Å². The van der Waals surface area contributed by atoms with E-state index >= 15 is 0 Å². The predicted octanol–water partition coefficient (Wildman–Crippen LogP) is 2.64. The molecule has 0 saturated carbocycles. The fraction of sp³-hybridized carbons (Fsp3) is 1.00. The number of nitrogens with one attached hydrogen (secondary N) is 1. The summed E-state index contributed by atoms with van der Waals surface area (Å²) in [4.78, 5) is 2.71. The molecule has 0 aromatic rings. The van der Waals surface area contributed by atoms with Crippen molar-refractivity contribution < 1.29 is 0 Å². The molecule has 2 atom stereocenters. The minimum absolute atomic E-state index is 0.623. The molecule has 1 heterocycles. The third kappa shape index (κ3) is 4.12. The van der Waals surface area contributed by atoms with E-state index in [1.54, 1.807) is 0 Å². The third-order valence-corrected chi connectivity index (χ3v) is 3.57. The molecule has 0 bridgehead atoms. The molecule has 1 aliphatic rings. The molecular formula is C13H28N2. The molecule has 1 N–H and O–H groups in total. The van der Waals surface area contributed by atoms with Gasteiger partial charge in [0, 0.05) is 18.1 Å². The van der Waals surface area contributed by atoms with Crippen LogP contribution in [0.5, 0.6) is 0 Å². The van der Waals surface area contributed by atoms with Crippen LogP contribution in [0.1, 0.15) is 53.4 Å². The fourth-order valence-electron chi connectivity index (χ4n) is 2.62. The second kappa shape index (κ2) is 6.49. The van der Waals surface area contributed by atoms with Crippen LogP contribution in [-0.2, 0) is 0 Å². The zero-order chi connectivity index (χ0) is 11.3. The average Bonchev–Trinajstić information content (AvgIpc) is 2.64. The van der Waals surface area contributed by atoms with E-state index in [0.717, 1.165) is 18.6 Å². The van der Waals surface area contributed by atoms with Crippen molar-refractivity contribution in [3.8, 4) is 0 Å². The molecule has 0 aromatic carbocycles. The maximum absolute atomic E-state index is 3.51. The average molecular weight is 212 g/mol. The molecule has 0 amide bonds. The van der Waals surface area contributed by atoms with Gasteiger partial charge in [-0.15, -0.1) is 0 Å². The molecule has 1 fully saturated rings. The molecule has 0 spiro atoms. The van der Waals surface area contributed by atoms with Gasteiger partial charge in [0.2, 0.25) is 0 Å². The van der Waals surface area contributed by atoms with E-state index < -0.39 is 0 Å². The second-order valence-corrected chi connectivity index (χ2v) is 5.19. The van der Waals surface area contributed by atoms with Gasteiger partial charge in [-0.2, -0.15) is 0 Å². The Morgan fingerprint density at radius 3 is 2.67 bits per heavy atom. The first kappa shape index (κ1) is 13.0. The number of hydrogen-bond acceptors (Lipinski definition) is 2. The molecule has 0 radical (unpaired) electrons. The lowest BCUT2D eigenvalue weighted by atomic mass is 10.1. The third-order valence-electron chi connectivity index (χ3n) is 3.57. The largest absolute Gasteiger partial charge is 0.314 e. The monoisotopic (exact) mass is 212 g/mol. The van der Waals surface area contributed by atoms with Crippen molar-refractivity contribution in [1.29, 1.82) is 0 Å². The summed E-state index contributed by atoms with van der Waals surface area (Å²) in [6.07, 6.45) is 5.43. The van der Waals surface area contributed by atoms with Crippen LogP contribution in [-0.4, -0.2) is 36.1 Å². The van der Waals surface area contributed by atoms with Gasteiger partial charge in [-0.25, -0.2) is 0 Å². The highest BCUT2D eigenvalue weighted by Crippen LogP contribution is 2.23. The molecule has 2 heteroatoms. The highest BCUT2D eigenvalue weighted by Gasteiger charge is 2.26. The van der Waals surface area contributed by atoms with E-state index in [0.29, 0.717) is 6.04 Å². The quantitative estimate of drug-likeness (QED) is 0.728. The summed E-state index contributed by atoms with van der Waals surface area (Å²) < 4.78 is 0. The Morgan fingerprint density at radius 1 is 1.33 bits per heavy atom. The zero-order valence-electron chi connectivity index (χ0n) is 10.9. The molecule has 2 nitrogen and oxygen atoms in total. The van der Waals surface area contributed by atoms with Gasteiger partial charge >= 0.3 is 0 Å². The number of nitrogens with zero attached hydrogens (tertiary/aromatic N) is 1. The van der Waals surface area contributed by atoms with E-state index in [4.69, 9.17) is 0 Å². The maximum atomic E-state index is 3.51. The minimum atomic E-state index is 0.623. The summed E-state index contributed by atoms with van der Waals surface area (Å²) in [5.74, 6) is 0. The van der Waals surface area contributed by atoms with Crippen molar-refractivity contribution >= 4 is 0 Å². The summed E-state index contributed by atoms with van der Waals surface area (Å²) in [6, 6.07) is 2.24. The smallest absolute Gasteiger partial charge is 0.00959 e. The van der Waals surface area contributed by atoms with Crippen molar-refractivity contribution in [2.24, 2.45) is 0 Å². The number of rotatable bonds is 6. The van der Waals surface area contributed by atoms with E-state index in [-0.39, 0.29) is 0 Å². The SMILES string of the molecule is CCC1CCCN1C(C)CCNC(C)C. The van der Waals surface area contributed by atoms with Crippen LogP contribution < -0.4 is 5.32 Å². The lowest BCUT2D eigenvalue weighted by Crippen LogP contribution is -2.39. The molecule has 15 heavy (non-hydrogen) atoms. The summed E-state index contributed by atoms with van der Waals surface area (Å²) in [7, 11) is 0. The predicted molar refractivity (Wildman–Crippen MR) is 67.2 cm³/mol. The van der Waals surface area contributed by atoms with Crippen molar-refractivity contribution in [1.82, 2.24) is 10.2 Å². The Labute approximate surface area is 95.4 Å². The normalized spacial score (nSPS) is 25.0. The van der Waals surface area contributed by atoms with E-state index in [1.165, 1.54) is 32.2 Å². The molecule has 1 aliphatic heterocycles. The molecule has 0 aromatic heterocycles. The van der Waals surface area contributed by atoms with Crippen LogP contribution in [0.15, 0.2) is 0 Å². The summed E-state index contributed by atoms with van der Waals surface area (Å²) in [6.45, 7) is 11.6.